The van der Waals surface area contributed by atoms with Gasteiger partial charge in [0.25, 0.3) is 0 Å². The number of halogens is 2. The molecule has 1 unspecified atom stereocenters. The first-order valence-corrected chi connectivity index (χ1v) is 5.78. The van der Waals surface area contributed by atoms with Gasteiger partial charge in [-0.2, -0.15) is 5.10 Å². The quantitative estimate of drug-likeness (QED) is 0.911. The van der Waals surface area contributed by atoms with E-state index < -0.39 is 17.7 Å². The van der Waals surface area contributed by atoms with E-state index in [-0.39, 0.29) is 5.56 Å². The topological polar surface area (TPSA) is 43.8 Å². The Morgan fingerprint density at radius 2 is 2.11 bits per heavy atom. The Bertz CT molecular complexity index is 563. The summed E-state index contributed by atoms with van der Waals surface area (Å²) in [5.74, 6) is -1.78. The van der Waals surface area contributed by atoms with E-state index >= 15 is 0 Å². The number of benzene rings is 1. The van der Waals surface area contributed by atoms with Crippen LogP contribution in [0.15, 0.2) is 24.3 Å². The third-order valence-electron chi connectivity index (χ3n) is 2.87. The highest BCUT2D eigenvalue weighted by atomic mass is 19.2. The van der Waals surface area contributed by atoms with Crippen molar-refractivity contribution in [1.82, 2.24) is 9.78 Å². The lowest BCUT2D eigenvalue weighted by atomic mass is 10.0. The second kappa shape index (κ2) is 4.86. The minimum atomic E-state index is -0.897. The zero-order valence-electron chi connectivity index (χ0n) is 10.3. The number of nitrogens with two attached hydrogens (primary N) is 1. The summed E-state index contributed by atoms with van der Waals surface area (Å²) >= 11 is 0. The third-order valence-corrected chi connectivity index (χ3v) is 2.87. The Morgan fingerprint density at radius 1 is 1.39 bits per heavy atom. The molecule has 1 atom stereocenters. The van der Waals surface area contributed by atoms with Gasteiger partial charge >= 0.3 is 0 Å². The van der Waals surface area contributed by atoms with Gasteiger partial charge in [-0.25, -0.2) is 8.78 Å². The zero-order chi connectivity index (χ0) is 13.3. The molecule has 0 radical (unpaired) electrons. The van der Waals surface area contributed by atoms with Crippen LogP contribution in [0.1, 0.15) is 29.9 Å². The van der Waals surface area contributed by atoms with E-state index in [9.17, 15) is 8.78 Å². The molecule has 2 aromatic rings. The fourth-order valence-electron chi connectivity index (χ4n) is 1.99. The van der Waals surface area contributed by atoms with Crippen molar-refractivity contribution in [3.63, 3.8) is 0 Å². The molecule has 3 nitrogen and oxygen atoms in total. The number of aryl methyl sites for hydroxylation is 2. The first-order valence-electron chi connectivity index (χ1n) is 5.78. The summed E-state index contributed by atoms with van der Waals surface area (Å²) in [6.07, 6.45) is 0. The fraction of sp³-hybridized carbons (Fsp3) is 0.308. The molecule has 0 bridgehead atoms. The van der Waals surface area contributed by atoms with E-state index in [1.54, 1.807) is 10.7 Å². The molecule has 2 N–H and O–H groups in total. The molecule has 0 amide bonds. The van der Waals surface area contributed by atoms with Crippen LogP contribution in [0.2, 0.25) is 0 Å². The number of hydrogen-bond donors (Lipinski definition) is 1. The van der Waals surface area contributed by atoms with Gasteiger partial charge in [0.15, 0.2) is 11.6 Å². The van der Waals surface area contributed by atoms with Gasteiger partial charge < -0.3 is 5.73 Å². The van der Waals surface area contributed by atoms with Crippen molar-refractivity contribution in [3.8, 4) is 0 Å². The van der Waals surface area contributed by atoms with Crippen molar-refractivity contribution in [2.75, 3.05) is 0 Å². The molecular weight excluding hydrogens is 236 g/mol. The van der Waals surface area contributed by atoms with Crippen LogP contribution in [0.5, 0.6) is 0 Å². The molecule has 0 aliphatic rings. The molecule has 1 heterocycles. The van der Waals surface area contributed by atoms with Gasteiger partial charge in [-0.05, 0) is 26.0 Å². The molecule has 1 aromatic carbocycles. The summed E-state index contributed by atoms with van der Waals surface area (Å²) in [6.45, 7) is 4.39. The van der Waals surface area contributed by atoms with Gasteiger partial charge in [-0.1, -0.05) is 12.1 Å². The molecule has 18 heavy (non-hydrogen) atoms. The minimum Gasteiger partial charge on any atom is -0.319 e. The maximum Gasteiger partial charge on any atom is 0.163 e. The smallest absolute Gasteiger partial charge is 0.163 e. The third kappa shape index (κ3) is 2.13. The number of aromatic nitrogens is 2. The largest absolute Gasteiger partial charge is 0.319 e. The van der Waals surface area contributed by atoms with Gasteiger partial charge in [0.05, 0.1) is 17.4 Å². The molecule has 5 heteroatoms. The molecule has 0 saturated heterocycles. The summed E-state index contributed by atoms with van der Waals surface area (Å²) in [5.41, 5.74) is 7.64. The van der Waals surface area contributed by atoms with Crippen LogP contribution in [0, 0.1) is 18.6 Å². The van der Waals surface area contributed by atoms with Gasteiger partial charge in [-0.3, -0.25) is 4.68 Å². The molecule has 1 aromatic heterocycles. The predicted molar refractivity (Wildman–Crippen MR) is 65.0 cm³/mol. The lowest BCUT2D eigenvalue weighted by Crippen LogP contribution is -2.18. The molecule has 0 aliphatic carbocycles. The summed E-state index contributed by atoms with van der Waals surface area (Å²) in [4.78, 5) is 0. The summed E-state index contributed by atoms with van der Waals surface area (Å²) in [6, 6.07) is 5.09. The van der Waals surface area contributed by atoms with E-state index in [2.05, 4.69) is 5.10 Å². The van der Waals surface area contributed by atoms with Gasteiger partial charge in [0, 0.05) is 12.1 Å². The Morgan fingerprint density at radius 3 is 2.78 bits per heavy atom. The summed E-state index contributed by atoms with van der Waals surface area (Å²) in [5, 5.41) is 4.25. The van der Waals surface area contributed by atoms with Gasteiger partial charge in [-0.15, -0.1) is 0 Å². The fourth-order valence-corrected chi connectivity index (χ4v) is 1.99. The molecule has 0 saturated carbocycles. The number of rotatable bonds is 3. The predicted octanol–water partition coefficient (Wildman–Crippen LogP) is 2.54. The van der Waals surface area contributed by atoms with Crippen molar-refractivity contribution in [1.29, 1.82) is 0 Å². The first-order chi connectivity index (χ1) is 8.54. The Labute approximate surface area is 104 Å². The van der Waals surface area contributed by atoms with Crippen LogP contribution >= 0.6 is 0 Å². The summed E-state index contributed by atoms with van der Waals surface area (Å²) < 4.78 is 28.6. The maximum absolute atomic E-state index is 13.7. The SMILES string of the molecule is CCn1nc(C)cc1C(N)c1cccc(F)c1F. The van der Waals surface area contributed by atoms with Crippen LogP contribution < -0.4 is 5.73 Å². The van der Waals surface area contributed by atoms with E-state index in [1.807, 2.05) is 13.8 Å². The van der Waals surface area contributed by atoms with Gasteiger partial charge in [0.1, 0.15) is 0 Å². The average Bonchev–Trinajstić information content (AvgIpc) is 2.73. The van der Waals surface area contributed by atoms with E-state index in [1.165, 1.54) is 12.1 Å². The second-order valence-electron chi connectivity index (χ2n) is 4.15. The molecule has 0 fully saturated rings. The zero-order valence-corrected chi connectivity index (χ0v) is 10.3. The second-order valence-corrected chi connectivity index (χ2v) is 4.15. The lowest BCUT2D eigenvalue weighted by molar-refractivity contribution is 0.490. The monoisotopic (exact) mass is 251 g/mol. The van der Waals surface area contributed by atoms with E-state index in [4.69, 9.17) is 5.73 Å². The highest BCUT2D eigenvalue weighted by molar-refractivity contribution is 5.30. The van der Waals surface area contributed by atoms with Crippen LogP contribution in [0.25, 0.3) is 0 Å². The van der Waals surface area contributed by atoms with Crippen molar-refractivity contribution < 1.29 is 8.78 Å². The molecule has 2 rings (SSSR count). The van der Waals surface area contributed by atoms with Crippen molar-refractivity contribution in [2.45, 2.75) is 26.4 Å². The Balaban J connectivity index is 2.47. The van der Waals surface area contributed by atoms with Crippen LogP contribution in [-0.2, 0) is 6.54 Å². The standard InChI is InChI=1S/C13H15F2N3/c1-3-18-11(7-8(2)17-18)13(16)9-5-4-6-10(14)12(9)15/h4-7,13H,3,16H2,1-2H3. The highest BCUT2D eigenvalue weighted by Gasteiger charge is 2.19. The minimum absolute atomic E-state index is 0.143. The van der Waals surface area contributed by atoms with Crippen molar-refractivity contribution in [3.05, 3.63) is 52.9 Å². The average molecular weight is 251 g/mol. The number of nitrogens with zero attached hydrogens (tertiary/aromatic N) is 2. The Hall–Kier alpha value is -1.75. The Kier molecular flexibility index (Phi) is 3.43. The van der Waals surface area contributed by atoms with E-state index in [0.29, 0.717) is 12.2 Å². The van der Waals surface area contributed by atoms with Crippen molar-refractivity contribution in [2.24, 2.45) is 5.73 Å². The first kappa shape index (κ1) is 12.7. The van der Waals surface area contributed by atoms with Crippen LogP contribution in [-0.4, -0.2) is 9.78 Å². The molecule has 0 aliphatic heterocycles. The van der Waals surface area contributed by atoms with Gasteiger partial charge in [0.2, 0.25) is 0 Å². The lowest BCUT2D eigenvalue weighted by Gasteiger charge is -2.14. The van der Waals surface area contributed by atoms with Crippen LogP contribution in [0.3, 0.4) is 0 Å². The molecule has 96 valence electrons. The summed E-state index contributed by atoms with van der Waals surface area (Å²) in [7, 11) is 0. The van der Waals surface area contributed by atoms with Crippen molar-refractivity contribution >= 4 is 0 Å². The maximum atomic E-state index is 13.7. The number of hydrogen-bond acceptors (Lipinski definition) is 2. The van der Waals surface area contributed by atoms with Crippen LogP contribution in [0.4, 0.5) is 8.78 Å². The van der Waals surface area contributed by atoms with E-state index in [0.717, 1.165) is 11.8 Å². The normalized spacial score (nSPS) is 12.7. The molecular formula is C13H15F2N3. The highest BCUT2D eigenvalue weighted by Crippen LogP contribution is 2.24. The molecule has 0 spiro atoms.